The second-order valence-corrected chi connectivity index (χ2v) is 5.86. The summed E-state index contributed by atoms with van der Waals surface area (Å²) in [5.41, 5.74) is 0.0121. The summed E-state index contributed by atoms with van der Waals surface area (Å²) in [5.74, 6) is -1.28. The Hall–Kier alpha value is -1.64. The highest BCUT2D eigenvalue weighted by Crippen LogP contribution is 2.18. The summed E-state index contributed by atoms with van der Waals surface area (Å²) < 4.78 is 5.27. The molecule has 0 bridgehead atoms. The molecule has 0 unspecified atom stereocenters. The van der Waals surface area contributed by atoms with E-state index in [0.29, 0.717) is 11.6 Å². The van der Waals surface area contributed by atoms with Crippen LogP contribution in [-0.4, -0.2) is 62.0 Å². The van der Waals surface area contributed by atoms with Gasteiger partial charge in [-0.15, -0.1) is 0 Å². The molecule has 0 aromatic carbocycles. The Bertz CT molecular complexity index is 521. The number of quaternary nitrogens is 1. The molecule has 120 valence electrons. The summed E-state index contributed by atoms with van der Waals surface area (Å²) in [6.07, 6.45) is 1.49. The third-order valence-electron chi connectivity index (χ3n) is 3.33. The number of ether oxygens (including phenoxy) is 1. The molecule has 1 amide bonds. The number of carboxylic acids is 1. The number of carboxylic acid groups (broad SMARTS) is 1. The Balaban J connectivity index is 1.70. The van der Waals surface area contributed by atoms with Crippen molar-refractivity contribution >= 4 is 23.6 Å². The molecule has 0 spiro atoms. The lowest BCUT2D eigenvalue weighted by Gasteiger charge is -2.23. The predicted octanol–water partition coefficient (Wildman–Crippen LogP) is -2.43. The molecule has 2 N–H and O–H groups in total. The van der Waals surface area contributed by atoms with Crippen LogP contribution in [0.2, 0.25) is 0 Å². The number of hydrogen-bond donors (Lipinski definition) is 2. The van der Waals surface area contributed by atoms with E-state index in [-0.39, 0.29) is 17.2 Å². The molecule has 0 saturated carbocycles. The number of amides is 1. The molecule has 1 aromatic heterocycles. The minimum atomic E-state index is -1.29. The average Bonchev–Trinajstić information content (AvgIpc) is 2.54. The lowest BCUT2D eigenvalue weighted by atomic mass is 10.3. The van der Waals surface area contributed by atoms with E-state index < -0.39 is 5.97 Å². The van der Waals surface area contributed by atoms with E-state index >= 15 is 0 Å². The Labute approximate surface area is 133 Å². The summed E-state index contributed by atoms with van der Waals surface area (Å²) in [7, 11) is 0. The van der Waals surface area contributed by atoms with Gasteiger partial charge in [-0.05, 0) is 12.1 Å². The number of aromatic nitrogens is 1. The van der Waals surface area contributed by atoms with Crippen LogP contribution >= 0.6 is 11.8 Å². The number of hydrogen-bond acceptors (Lipinski definition) is 6. The quantitative estimate of drug-likeness (QED) is 0.541. The van der Waals surface area contributed by atoms with Gasteiger partial charge in [0.1, 0.15) is 18.1 Å². The van der Waals surface area contributed by atoms with Gasteiger partial charge in [-0.3, -0.25) is 4.79 Å². The van der Waals surface area contributed by atoms with Crippen molar-refractivity contribution in [2.24, 2.45) is 0 Å². The molecule has 1 aromatic rings. The van der Waals surface area contributed by atoms with E-state index in [1.807, 2.05) is 0 Å². The molecule has 0 aliphatic carbocycles. The minimum Gasteiger partial charge on any atom is -0.545 e. The first-order valence-corrected chi connectivity index (χ1v) is 8.12. The maximum absolute atomic E-state index is 11.8. The normalized spacial score (nSPS) is 15.5. The van der Waals surface area contributed by atoms with Gasteiger partial charge in [-0.1, -0.05) is 11.8 Å². The van der Waals surface area contributed by atoms with Crippen molar-refractivity contribution < 1.29 is 24.3 Å². The lowest BCUT2D eigenvalue weighted by molar-refractivity contribution is -0.906. The molecule has 22 heavy (non-hydrogen) atoms. The summed E-state index contributed by atoms with van der Waals surface area (Å²) in [6.45, 7) is 4.94. The van der Waals surface area contributed by atoms with Gasteiger partial charge < -0.3 is 24.9 Å². The van der Waals surface area contributed by atoms with Crippen LogP contribution in [-0.2, 0) is 9.53 Å². The van der Waals surface area contributed by atoms with E-state index in [4.69, 9.17) is 4.74 Å². The topological polar surface area (TPSA) is 95.8 Å². The fourth-order valence-corrected chi connectivity index (χ4v) is 2.95. The van der Waals surface area contributed by atoms with Crippen LogP contribution in [0.3, 0.4) is 0 Å². The van der Waals surface area contributed by atoms with E-state index in [1.165, 1.54) is 23.2 Å². The molecule has 1 aliphatic rings. The van der Waals surface area contributed by atoms with Crippen molar-refractivity contribution in [3.63, 3.8) is 0 Å². The zero-order valence-corrected chi connectivity index (χ0v) is 13.0. The number of rotatable bonds is 7. The Morgan fingerprint density at radius 2 is 2.18 bits per heavy atom. The SMILES string of the molecule is O=C(CSc1ncccc1C(=O)[O-])NCC[NH+]1CCOCC1. The number of thioether (sulfide) groups is 1. The Morgan fingerprint density at radius 3 is 2.91 bits per heavy atom. The molecule has 7 nitrogen and oxygen atoms in total. The van der Waals surface area contributed by atoms with Crippen LogP contribution < -0.4 is 15.3 Å². The van der Waals surface area contributed by atoms with Gasteiger partial charge in [-0.2, -0.15) is 0 Å². The third-order valence-corrected chi connectivity index (χ3v) is 4.34. The van der Waals surface area contributed by atoms with Crippen LogP contribution in [0, 0.1) is 0 Å². The van der Waals surface area contributed by atoms with Crippen molar-refractivity contribution in [3.8, 4) is 0 Å². The van der Waals surface area contributed by atoms with E-state index in [9.17, 15) is 14.7 Å². The number of carbonyl (C=O) groups excluding carboxylic acids is 2. The third kappa shape index (κ3) is 5.28. The van der Waals surface area contributed by atoms with Crippen molar-refractivity contribution in [1.29, 1.82) is 0 Å². The largest absolute Gasteiger partial charge is 0.545 e. The monoisotopic (exact) mass is 325 g/mol. The minimum absolute atomic E-state index is 0.0121. The van der Waals surface area contributed by atoms with Crippen molar-refractivity contribution in [2.75, 3.05) is 45.1 Å². The molecule has 8 heteroatoms. The molecule has 1 aliphatic heterocycles. The summed E-state index contributed by atoms with van der Waals surface area (Å²) in [4.78, 5) is 28.1. The number of nitrogens with zero attached hydrogens (tertiary/aromatic N) is 1. The predicted molar refractivity (Wildman–Crippen MR) is 78.7 cm³/mol. The number of nitrogens with one attached hydrogen (secondary N) is 2. The van der Waals surface area contributed by atoms with Gasteiger partial charge in [-0.25, -0.2) is 4.98 Å². The first-order chi connectivity index (χ1) is 10.7. The fraction of sp³-hybridized carbons (Fsp3) is 0.500. The first-order valence-electron chi connectivity index (χ1n) is 7.14. The lowest BCUT2D eigenvalue weighted by Crippen LogP contribution is -3.14. The zero-order valence-electron chi connectivity index (χ0n) is 12.2. The first kappa shape index (κ1) is 16.7. The number of pyridine rings is 1. The Morgan fingerprint density at radius 1 is 1.41 bits per heavy atom. The van der Waals surface area contributed by atoms with Crippen LogP contribution in [0.25, 0.3) is 0 Å². The van der Waals surface area contributed by atoms with Gasteiger partial charge in [0.15, 0.2) is 0 Å². The van der Waals surface area contributed by atoms with Gasteiger partial charge in [0.25, 0.3) is 0 Å². The van der Waals surface area contributed by atoms with Gasteiger partial charge >= 0.3 is 0 Å². The Kier molecular flexibility index (Phi) is 6.63. The molecule has 1 saturated heterocycles. The average molecular weight is 325 g/mol. The summed E-state index contributed by atoms with van der Waals surface area (Å²) in [6, 6.07) is 2.95. The van der Waals surface area contributed by atoms with Crippen LogP contribution in [0.5, 0.6) is 0 Å². The van der Waals surface area contributed by atoms with Crippen molar-refractivity contribution in [2.45, 2.75) is 5.03 Å². The zero-order chi connectivity index (χ0) is 15.8. The molecule has 0 radical (unpaired) electrons. The van der Waals surface area contributed by atoms with Gasteiger partial charge in [0.05, 0.1) is 38.0 Å². The van der Waals surface area contributed by atoms with E-state index in [2.05, 4.69) is 10.3 Å². The van der Waals surface area contributed by atoms with Crippen molar-refractivity contribution in [3.05, 3.63) is 23.9 Å². The standard InChI is InChI=1S/C14H19N3O4S/c18-12(15-4-5-17-6-8-21-9-7-17)10-22-13-11(14(19)20)2-1-3-16-13/h1-3H,4-10H2,(H,15,18)(H,19,20). The molecular weight excluding hydrogens is 306 g/mol. The maximum atomic E-state index is 11.8. The molecule has 1 fully saturated rings. The fourth-order valence-electron chi connectivity index (χ4n) is 2.13. The molecule has 2 heterocycles. The number of morpholine rings is 1. The van der Waals surface area contributed by atoms with Crippen molar-refractivity contribution in [1.82, 2.24) is 10.3 Å². The summed E-state index contributed by atoms with van der Waals surface area (Å²) >= 11 is 1.10. The van der Waals surface area contributed by atoms with E-state index in [0.717, 1.165) is 44.6 Å². The van der Waals surface area contributed by atoms with Gasteiger partial charge in [0.2, 0.25) is 5.91 Å². The highest BCUT2D eigenvalue weighted by molar-refractivity contribution is 8.00. The number of carbonyl (C=O) groups is 2. The van der Waals surface area contributed by atoms with E-state index in [1.54, 1.807) is 0 Å². The second-order valence-electron chi connectivity index (χ2n) is 4.89. The highest BCUT2D eigenvalue weighted by Gasteiger charge is 2.14. The van der Waals surface area contributed by atoms with Crippen LogP contribution in [0.4, 0.5) is 0 Å². The summed E-state index contributed by atoms with van der Waals surface area (Å²) in [5, 5.41) is 14.1. The molecular formula is C14H19N3O4S. The smallest absolute Gasteiger partial charge is 0.230 e. The number of aromatic carboxylic acids is 1. The van der Waals surface area contributed by atoms with Crippen LogP contribution in [0.15, 0.2) is 23.4 Å². The maximum Gasteiger partial charge on any atom is 0.230 e. The van der Waals surface area contributed by atoms with Gasteiger partial charge in [0, 0.05) is 11.8 Å². The van der Waals surface area contributed by atoms with Crippen LogP contribution in [0.1, 0.15) is 10.4 Å². The highest BCUT2D eigenvalue weighted by atomic mass is 32.2. The molecule has 0 atom stereocenters. The second kappa shape index (κ2) is 8.72. The molecule has 2 rings (SSSR count).